The van der Waals surface area contributed by atoms with Gasteiger partial charge in [0.1, 0.15) is 27.4 Å². The number of hydrogen-bond acceptors (Lipinski definition) is 20. The molecule has 4 aliphatic rings. The molecule has 456 valence electrons. The van der Waals surface area contributed by atoms with Crippen molar-refractivity contribution in [2.75, 3.05) is 149 Å². The van der Waals surface area contributed by atoms with Gasteiger partial charge in [-0.3, -0.25) is 9.59 Å². The predicted octanol–water partition coefficient (Wildman–Crippen LogP) is 6.92. The Kier molecular flexibility index (Phi) is 24.1. The van der Waals surface area contributed by atoms with Crippen molar-refractivity contribution in [3.8, 4) is 11.5 Å². The molecule has 2 amide bonds. The number of sulfonamides is 2. The number of carbonyl (C=O) groups is 2. The van der Waals surface area contributed by atoms with Crippen LogP contribution >= 0.6 is 34.8 Å². The van der Waals surface area contributed by atoms with Crippen LogP contribution in [0.25, 0.3) is 0 Å². The summed E-state index contributed by atoms with van der Waals surface area (Å²) in [5.41, 5.74) is 10.1. The highest BCUT2D eigenvalue weighted by atomic mass is 35.5. The van der Waals surface area contributed by atoms with E-state index in [2.05, 4.69) is 107 Å². The zero-order valence-corrected chi connectivity index (χ0v) is 52.3. The number of nitrogens with two attached hydrogens (primary N) is 1. The number of anilines is 9. The van der Waals surface area contributed by atoms with Gasteiger partial charge < -0.3 is 61.4 Å². The quantitative estimate of drug-likeness (QED) is 0.0335. The fourth-order valence-corrected chi connectivity index (χ4v) is 12.4. The van der Waals surface area contributed by atoms with Gasteiger partial charge in [-0.2, -0.15) is 9.97 Å². The van der Waals surface area contributed by atoms with Crippen LogP contribution in [-0.4, -0.2) is 198 Å². The van der Waals surface area contributed by atoms with Crippen molar-refractivity contribution < 1.29 is 35.9 Å². The summed E-state index contributed by atoms with van der Waals surface area (Å²) in [6.07, 6.45) is 15.1. The van der Waals surface area contributed by atoms with Crippen LogP contribution in [0.5, 0.6) is 11.5 Å². The Morgan fingerprint density at radius 2 is 1.07 bits per heavy atom. The summed E-state index contributed by atoms with van der Waals surface area (Å²) >= 11 is 18.1. The molecule has 4 aliphatic heterocycles. The molecule has 29 heteroatoms. The van der Waals surface area contributed by atoms with Gasteiger partial charge >= 0.3 is 0 Å². The maximum atomic E-state index is 12.3. The second kappa shape index (κ2) is 30.2. The van der Waals surface area contributed by atoms with Crippen LogP contribution in [0.15, 0.2) is 62.0 Å². The van der Waals surface area contributed by atoms with E-state index in [0.717, 1.165) is 88.9 Å². The van der Waals surface area contributed by atoms with Gasteiger partial charge in [-0.25, -0.2) is 35.4 Å². The first-order valence-electron chi connectivity index (χ1n) is 27.1. The number of rotatable bonds is 18. The summed E-state index contributed by atoms with van der Waals surface area (Å²) in [7, 11) is 5.13. The number of nitrogens with zero attached hydrogens (tertiary/aromatic N) is 10. The maximum absolute atomic E-state index is 12.3. The van der Waals surface area contributed by atoms with E-state index in [0.29, 0.717) is 94.2 Å². The van der Waals surface area contributed by atoms with Crippen LogP contribution in [0.4, 0.5) is 51.7 Å². The van der Waals surface area contributed by atoms with Crippen LogP contribution in [-0.2, 0) is 29.6 Å². The third kappa shape index (κ3) is 19.0. The summed E-state index contributed by atoms with van der Waals surface area (Å²) < 4.78 is 61.1. The maximum Gasteiger partial charge on any atom is 0.247 e. The molecule has 7 N–H and O–H groups in total. The highest BCUT2D eigenvalue weighted by Crippen LogP contribution is 2.41. The van der Waals surface area contributed by atoms with E-state index in [1.54, 1.807) is 26.4 Å². The van der Waals surface area contributed by atoms with Gasteiger partial charge in [0.25, 0.3) is 0 Å². The van der Waals surface area contributed by atoms with Crippen molar-refractivity contribution in [1.29, 1.82) is 0 Å². The number of carbonyl (C=O) groups excluding carboxylic acids is 2. The fourth-order valence-electron chi connectivity index (χ4n) is 10.1. The van der Waals surface area contributed by atoms with Crippen molar-refractivity contribution in [3.05, 3.63) is 77.3 Å². The lowest BCUT2D eigenvalue weighted by molar-refractivity contribution is -0.112. The number of hydrogen-bond donors (Lipinski definition) is 6. The predicted molar refractivity (Wildman–Crippen MR) is 334 cm³/mol. The Morgan fingerprint density at radius 3 is 1.51 bits per heavy atom. The third-order valence-corrected chi connectivity index (χ3v) is 18.0. The van der Waals surface area contributed by atoms with E-state index < -0.39 is 20.0 Å². The van der Waals surface area contributed by atoms with E-state index in [4.69, 9.17) is 50.0 Å². The highest BCUT2D eigenvalue weighted by Gasteiger charge is 2.30. The van der Waals surface area contributed by atoms with E-state index in [1.807, 2.05) is 12.1 Å². The molecule has 4 aromatic rings. The lowest BCUT2D eigenvalue weighted by Crippen LogP contribution is -2.44. The van der Waals surface area contributed by atoms with E-state index in [9.17, 15) is 26.4 Å². The molecule has 8 rings (SSSR count). The third-order valence-electron chi connectivity index (χ3n) is 14.7. The number of nitrogen functional groups attached to an aromatic ring is 1. The average Bonchev–Trinajstić information content (AvgIpc) is 3.45. The lowest BCUT2D eigenvalue weighted by Gasteiger charge is -2.37. The molecule has 2 atom stereocenters. The number of benzene rings is 2. The Balaban J connectivity index is 0.000000221. The number of piperidine rings is 4. The van der Waals surface area contributed by atoms with Gasteiger partial charge in [0, 0.05) is 88.7 Å². The summed E-state index contributed by atoms with van der Waals surface area (Å²) in [6.45, 7) is 12.4. The Hall–Kier alpha value is -5.97. The topological polar surface area (TPSA) is 278 Å². The molecule has 0 aliphatic carbocycles. The molecule has 0 radical (unpaired) electrons. The highest BCUT2D eigenvalue weighted by molar-refractivity contribution is 7.88. The number of amides is 2. The number of halogens is 3. The van der Waals surface area contributed by atoms with Crippen molar-refractivity contribution in [2.45, 2.75) is 75.5 Å². The fraction of sp³-hybridized carbons (Fsp3) is 0.519. The number of nitrogens with one attached hydrogen (secondary N) is 5. The molecule has 83 heavy (non-hydrogen) atoms. The van der Waals surface area contributed by atoms with E-state index >= 15 is 0 Å². The van der Waals surface area contributed by atoms with Crippen LogP contribution in [0.2, 0.25) is 15.3 Å². The number of aromatic nitrogens is 4. The molecular weight excluding hydrogens is 1170 g/mol. The van der Waals surface area contributed by atoms with Gasteiger partial charge in [0.15, 0.2) is 5.82 Å². The Labute approximate surface area is 503 Å². The van der Waals surface area contributed by atoms with Crippen molar-refractivity contribution in [3.63, 3.8) is 0 Å². The molecule has 2 aromatic carbocycles. The summed E-state index contributed by atoms with van der Waals surface area (Å²) in [5, 5.41) is 16.1. The summed E-state index contributed by atoms with van der Waals surface area (Å²) in [6, 6.07) is 8.24. The molecule has 0 saturated carbocycles. The molecular formula is C54H79Cl3N16O8S2. The second-order valence-electron chi connectivity index (χ2n) is 21.0. The van der Waals surface area contributed by atoms with Crippen LogP contribution < -0.4 is 51.6 Å². The molecule has 24 nitrogen and oxygen atoms in total. The molecule has 0 spiro atoms. The normalized spacial score (nSPS) is 18.4. The second-order valence-corrected chi connectivity index (χ2v) is 26.1. The smallest absolute Gasteiger partial charge is 0.247 e. The van der Waals surface area contributed by atoms with Gasteiger partial charge in [0.05, 0.1) is 73.2 Å². The van der Waals surface area contributed by atoms with Crippen LogP contribution in [0.3, 0.4) is 0 Å². The first kappa shape index (κ1) is 66.2. The van der Waals surface area contributed by atoms with E-state index in [1.165, 1.54) is 45.7 Å². The van der Waals surface area contributed by atoms with Gasteiger partial charge in [-0.1, -0.05) is 36.4 Å². The van der Waals surface area contributed by atoms with Gasteiger partial charge in [-0.05, 0) is 115 Å². The average molecular weight is 1250 g/mol. The van der Waals surface area contributed by atoms with Gasteiger partial charge in [-0.15, -0.1) is 0 Å². The monoisotopic (exact) mass is 1250 g/mol. The standard InChI is InChI=1S/C27H39ClN8O4S.C17H26N4O2.C10H14Cl2N4O2S/c1-6-25(37)31-21-14-22(24(40-4)15-23(21)35-12-9-19(10-13-35)34(2)3)32-27-29-16-20(28)26(33-27)30-18-8-7-11-36(17-18)41(5,38)39;1-5-17(22)19-14-10-13(18)16(23-4)11-15(14)21-8-6-12(7-9-21)20(2)3;1-19(17,18)16-4-2-3-7(6-16)14-9-8(11)5-13-10(12)15-9/h6,14-16,18-19H,1,7-13,17H2,2-5H3,(H,31,37)(H2,29,30,32,33);5,10-12H,1,6-9,18H2,2-4H3,(H,19,22);5,7H,2-4,6H2,1H3,(H,13,14,15)/t18-;;7-/m0.0/s1. The molecule has 4 saturated heterocycles. The van der Waals surface area contributed by atoms with Crippen LogP contribution in [0.1, 0.15) is 51.4 Å². The minimum atomic E-state index is -3.29. The van der Waals surface area contributed by atoms with Gasteiger partial charge in [0.2, 0.25) is 43.1 Å². The zero-order chi connectivity index (χ0) is 60.8. The molecule has 6 heterocycles. The summed E-state index contributed by atoms with van der Waals surface area (Å²) in [5.74, 6) is 1.67. The Morgan fingerprint density at radius 1 is 0.639 bits per heavy atom. The van der Waals surface area contributed by atoms with Crippen molar-refractivity contribution in [1.82, 2.24) is 38.3 Å². The minimum absolute atomic E-state index is 0.0352. The van der Waals surface area contributed by atoms with Crippen molar-refractivity contribution >= 4 is 118 Å². The summed E-state index contributed by atoms with van der Waals surface area (Å²) in [4.78, 5) is 49.7. The van der Waals surface area contributed by atoms with E-state index in [-0.39, 0.29) is 35.1 Å². The molecule has 4 fully saturated rings. The van der Waals surface area contributed by atoms with Crippen LogP contribution in [0, 0.1) is 0 Å². The number of methoxy groups -OCH3 is 2. The number of ether oxygens (including phenoxy) is 2. The molecule has 2 aromatic heterocycles. The first-order chi connectivity index (χ1) is 39.3. The zero-order valence-electron chi connectivity index (χ0n) is 48.4. The largest absolute Gasteiger partial charge is 0.495 e. The molecule has 0 unspecified atom stereocenters. The SMILES string of the molecule is C=CC(=O)Nc1cc(N)c(OC)cc1N1CCC(N(C)C)CC1.C=CC(=O)Nc1cc(Nc2ncc(Cl)c(N[C@H]3CCCN(S(C)(=O)=O)C3)n2)c(OC)cc1N1CCC(N(C)C)CC1.CS(=O)(=O)N1CCC[C@H](Nc2nc(Cl)ncc2Cl)C1. The lowest BCUT2D eigenvalue weighted by atomic mass is 10.0. The minimum Gasteiger partial charge on any atom is -0.495 e. The van der Waals surface area contributed by atoms with Crippen molar-refractivity contribution in [2.24, 2.45) is 0 Å². The Bertz CT molecular complexity index is 3130. The molecule has 0 bridgehead atoms. The first-order valence-corrected chi connectivity index (χ1v) is 31.9.